The average molecular weight is 411 g/mol. The molecule has 2 rings (SSSR count). The summed E-state index contributed by atoms with van der Waals surface area (Å²) in [5, 5.41) is 0. The minimum atomic E-state index is -0.316. The van der Waals surface area contributed by atoms with Crippen LogP contribution >= 0.6 is 27.7 Å². The average Bonchev–Trinajstić information content (AvgIpc) is 2.62. The minimum absolute atomic E-state index is 0.238. The summed E-state index contributed by atoms with van der Waals surface area (Å²) in [7, 11) is 2.98. The molecule has 24 heavy (non-hydrogen) atoms. The zero-order valence-corrected chi connectivity index (χ0v) is 16.0. The van der Waals surface area contributed by atoms with Crippen molar-refractivity contribution in [2.75, 3.05) is 26.8 Å². The molecule has 0 unspecified atom stereocenters. The molecule has 2 aromatic carbocycles. The maximum Gasteiger partial charge on any atom is 0.337 e. The van der Waals surface area contributed by atoms with Crippen LogP contribution in [-0.4, -0.2) is 32.7 Å². The molecule has 0 aliphatic rings. The summed E-state index contributed by atoms with van der Waals surface area (Å²) < 4.78 is 16.1. The second kappa shape index (κ2) is 9.71. The van der Waals surface area contributed by atoms with E-state index in [4.69, 9.17) is 14.2 Å². The monoisotopic (exact) mass is 410 g/mol. The molecular weight excluding hydrogens is 392 g/mol. The predicted molar refractivity (Wildman–Crippen MR) is 98.9 cm³/mol. The van der Waals surface area contributed by atoms with Gasteiger partial charge in [0.2, 0.25) is 0 Å². The number of carbonyl (C=O) groups excluding carboxylic acids is 1. The smallest absolute Gasteiger partial charge is 0.337 e. The van der Waals surface area contributed by atoms with Crippen LogP contribution in [0.15, 0.2) is 51.8 Å². The van der Waals surface area contributed by atoms with E-state index >= 15 is 0 Å². The standard InChI is InChI=1S/C18H19BrO4S/c1-21-12-23-15-5-8-17(19)14(11-15)9-10-24-16-6-3-13(4-7-16)18(20)22-2/h3-8,11H,9-10,12H2,1-2H3. The van der Waals surface area contributed by atoms with E-state index in [1.807, 2.05) is 30.3 Å². The van der Waals surface area contributed by atoms with Crippen LogP contribution in [-0.2, 0) is 15.9 Å². The fourth-order valence-electron chi connectivity index (χ4n) is 2.04. The van der Waals surface area contributed by atoms with Crippen molar-refractivity contribution in [3.8, 4) is 5.75 Å². The lowest BCUT2D eigenvalue weighted by Crippen LogP contribution is -2.00. The molecule has 0 amide bonds. The van der Waals surface area contributed by atoms with E-state index in [1.165, 1.54) is 12.7 Å². The first-order valence-electron chi connectivity index (χ1n) is 7.35. The topological polar surface area (TPSA) is 44.8 Å². The number of aryl methyl sites for hydroxylation is 1. The number of rotatable bonds is 8. The molecule has 2 aromatic rings. The van der Waals surface area contributed by atoms with Gasteiger partial charge >= 0.3 is 5.97 Å². The van der Waals surface area contributed by atoms with Gasteiger partial charge in [-0.25, -0.2) is 4.79 Å². The van der Waals surface area contributed by atoms with Gasteiger partial charge in [0.15, 0.2) is 6.79 Å². The highest BCUT2D eigenvalue weighted by molar-refractivity contribution is 9.10. The van der Waals surface area contributed by atoms with Crippen LogP contribution < -0.4 is 4.74 Å². The fourth-order valence-corrected chi connectivity index (χ4v) is 3.37. The number of ether oxygens (including phenoxy) is 3. The molecule has 0 heterocycles. The molecule has 0 radical (unpaired) electrons. The van der Waals surface area contributed by atoms with Gasteiger partial charge in [0.25, 0.3) is 0 Å². The van der Waals surface area contributed by atoms with Gasteiger partial charge in [-0.3, -0.25) is 0 Å². The molecule has 0 saturated heterocycles. The molecular formula is C18H19BrO4S. The fraction of sp³-hybridized carbons (Fsp3) is 0.278. The van der Waals surface area contributed by atoms with Gasteiger partial charge in [0.05, 0.1) is 12.7 Å². The number of thioether (sulfide) groups is 1. The van der Waals surface area contributed by atoms with E-state index in [-0.39, 0.29) is 12.8 Å². The van der Waals surface area contributed by atoms with Crippen molar-refractivity contribution in [2.45, 2.75) is 11.3 Å². The Bertz CT molecular complexity index is 673. The Labute approximate surface area is 154 Å². The highest BCUT2D eigenvalue weighted by atomic mass is 79.9. The molecule has 0 N–H and O–H groups in total. The van der Waals surface area contributed by atoms with E-state index in [0.717, 1.165) is 27.3 Å². The molecule has 6 heteroatoms. The van der Waals surface area contributed by atoms with Gasteiger partial charge in [0.1, 0.15) is 5.75 Å². The van der Waals surface area contributed by atoms with E-state index in [1.54, 1.807) is 31.0 Å². The Kier molecular flexibility index (Phi) is 7.62. The van der Waals surface area contributed by atoms with E-state index in [2.05, 4.69) is 15.9 Å². The molecule has 0 aliphatic carbocycles. The van der Waals surface area contributed by atoms with Crippen LogP contribution in [0.2, 0.25) is 0 Å². The second-order valence-electron chi connectivity index (χ2n) is 4.92. The maximum atomic E-state index is 11.4. The zero-order chi connectivity index (χ0) is 17.4. The van der Waals surface area contributed by atoms with Gasteiger partial charge in [-0.1, -0.05) is 15.9 Å². The number of esters is 1. The maximum absolute atomic E-state index is 11.4. The molecule has 0 bridgehead atoms. The van der Waals surface area contributed by atoms with Crippen molar-refractivity contribution in [1.29, 1.82) is 0 Å². The van der Waals surface area contributed by atoms with E-state index in [9.17, 15) is 4.79 Å². The van der Waals surface area contributed by atoms with Crippen molar-refractivity contribution in [3.63, 3.8) is 0 Å². The molecule has 0 aromatic heterocycles. The number of hydrogen-bond donors (Lipinski definition) is 0. The number of methoxy groups -OCH3 is 2. The predicted octanol–water partition coefficient (Wildman–Crippen LogP) is 4.55. The highest BCUT2D eigenvalue weighted by Crippen LogP contribution is 2.26. The Morgan fingerprint density at radius 2 is 1.88 bits per heavy atom. The third-order valence-corrected chi connectivity index (χ3v) is 5.06. The Hall–Kier alpha value is -1.50. The van der Waals surface area contributed by atoms with Crippen LogP contribution in [0.1, 0.15) is 15.9 Å². The van der Waals surface area contributed by atoms with Crippen LogP contribution in [0.3, 0.4) is 0 Å². The highest BCUT2D eigenvalue weighted by Gasteiger charge is 2.06. The minimum Gasteiger partial charge on any atom is -0.468 e. The summed E-state index contributed by atoms with van der Waals surface area (Å²) in [5.41, 5.74) is 1.75. The first-order valence-corrected chi connectivity index (χ1v) is 9.13. The second-order valence-corrected chi connectivity index (χ2v) is 6.94. The third-order valence-electron chi connectivity index (χ3n) is 3.28. The molecule has 0 fully saturated rings. The number of carbonyl (C=O) groups is 1. The van der Waals surface area contributed by atoms with Gasteiger partial charge in [-0.2, -0.15) is 0 Å². The summed E-state index contributed by atoms with van der Waals surface area (Å²) in [6.45, 7) is 0.238. The first kappa shape index (κ1) is 18.8. The number of hydrogen-bond acceptors (Lipinski definition) is 5. The third kappa shape index (κ3) is 5.54. The van der Waals surface area contributed by atoms with Gasteiger partial charge in [-0.05, 0) is 54.4 Å². The summed E-state index contributed by atoms with van der Waals surface area (Å²) >= 11 is 5.31. The molecule has 0 saturated carbocycles. The number of benzene rings is 2. The SMILES string of the molecule is COCOc1ccc(Br)c(CCSc2ccc(C(=O)OC)cc2)c1. The summed E-state index contributed by atoms with van der Waals surface area (Å²) in [5.74, 6) is 1.40. The lowest BCUT2D eigenvalue weighted by atomic mass is 10.2. The number of halogens is 1. The Balaban J connectivity index is 1.90. The van der Waals surface area contributed by atoms with Crippen molar-refractivity contribution in [2.24, 2.45) is 0 Å². The Morgan fingerprint density at radius 1 is 1.12 bits per heavy atom. The van der Waals surface area contributed by atoms with Gasteiger partial charge in [-0.15, -0.1) is 11.8 Å². The van der Waals surface area contributed by atoms with Crippen molar-refractivity contribution in [3.05, 3.63) is 58.1 Å². The first-order chi connectivity index (χ1) is 11.6. The Morgan fingerprint density at radius 3 is 2.54 bits per heavy atom. The largest absolute Gasteiger partial charge is 0.468 e. The summed E-state index contributed by atoms with van der Waals surface area (Å²) in [6, 6.07) is 13.3. The lowest BCUT2D eigenvalue weighted by molar-refractivity contribution is 0.0510. The van der Waals surface area contributed by atoms with Crippen molar-refractivity contribution < 1.29 is 19.0 Å². The van der Waals surface area contributed by atoms with Crippen LogP contribution in [0.5, 0.6) is 5.75 Å². The molecule has 0 atom stereocenters. The molecule has 0 aliphatic heterocycles. The van der Waals surface area contributed by atoms with Gasteiger partial charge < -0.3 is 14.2 Å². The normalized spacial score (nSPS) is 10.5. The van der Waals surface area contributed by atoms with Crippen LogP contribution in [0.25, 0.3) is 0 Å². The lowest BCUT2D eigenvalue weighted by Gasteiger charge is -2.09. The van der Waals surface area contributed by atoms with Crippen LogP contribution in [0, 0.1) is 0 Å². The molecule has 4 nitrogen and oxygen atoms in total. The summed E-state index contributed by atoms with van der Waals surface area (Å²) in [6.07, 6.45) is 0.897. The molecule has 0 spiro atoms. The van der Waals surface area contributed by atoms with E-state index < -0.39 is 0 Å². The van der Waals surface area contributed by atoms with Crippen molar-refractivity contribution in [1.82, 2.24) is 0 Å². The van der Waals surface area contributed by atoms with Crippen molar-refractivity contribution >= 4 is 33.7 Å². The van der Waals surface area contributed by atoms with E-state index in [0.29, 0.717) is 5.56 Å². The summed E-state index contributed by atoms with van der Waals surface area (Å²) in [4.78, 5) is 12.5. The zero-order valence-electron chi connectivity index (χ0n) is 13.6. The van der Waals surface area contributed by atoms with Gasteiger partial charge in [0, 0.05) is 22.2 Å². The quantitative estimate of drug-likeness (QED) is 0.362. The molecule has 128 valence electrons. The van der Waals surface area contributed by atoms with Crippen LogP contribution in [0.4, 0.5) is 0 Å².